The van der Waals surface area contributed by atoms with Crippen LogP contribution in [-0.4, -0.2) is 16.4 Å². The largest absolute Gasteiger partial charge is 0.384 e. The zero-order chi connectivity index (χ0) is 11.6. The summed E-state index contributed by atoms with van der Waals surface area (Å²) in [7, 11) is 0. The van der Waals surface area contributed by atoms with E-state index in [1.165, 1.54) is 6.42 Å². The second-order valence-electron chi connectivity index (χ2n) is 4.39. The van der Waals surface area contributed by atoms with Gasteiger partial charge in [-0.05, 0) is 37.8 Å². The van der Waals surface area contributed by atoms with Crippen LogP contribution in [0.25, 0.3) is 0 Å². The molecule has 0 aliphatic heterocycles. The zero-order valence-corrected chi connectivity index (χ0v) is 9.49. The fraction of sp³-hybridized carbons (Fsp3) is 0.500. The molecule has 1 heterocycles. The molecule has 1 aliphatic rings. The number of nitrogens with one attached hydrogen (secondary N) is 1. The molecular weight excluding hydrogens is 202 g/mol. The SMILES string of the molecule is CCC1(NC(=O)c2cccc(N)n2)CCC1. The van der Waals surface area contributed by atoms with Crippen LogP contribution in [0.5, 0.6) is 0 Å². The van der Waals surface area contributed by atoms with Gasteiger partial charge in [-0.1, -0.05) is 13.0 Å². The van der Waals surface area contributed by atoms with Crippen molar-refractivity contribution >= 4 is 11.7 Å². The van der Waals surface area contributed by atoms with Crippen molar-refractivity contribution < 1.29 is 4.79 Å². The number of nitrogen functional groups attached to an aromatic ring is 1. The van der Waals surface area contributed by atoms with Crippen LogP contribution in [0.15, 0.2) is 18.2 Å². The molecule has 1 aromatic rings. The molecule has 86 valence electrons. The second-order valence-corrected chi connectivity index (χ2v) is 4.39. The first-order valence-corrected chi connectivity index (χ1v) is 5.70. The first kappa shape index (κ1) is 10.9. The predicted octanol–water partition coefficient (Wildman–Crippen LogP) is 1.73. The summed E-state index contributed by atoms with van der Waals surface area (Å²) in [5, 5.41) is 3.07. The van der Waals surface area contributed by atoms with Gasteiger partial charge in [-0.15, -0.1) is 0 Å². The molecule has 4 nitrogen and oxygen atoms in total. The summed E-state index contributed by atoms with van der Waals surface area (Å²) < 4.78 is 0. The zero-order valence-electron chi connectivity index (χ0n) is 9.49. The van der Waals surface area contributed by atoms with E-state index in [1.54, 1.807) is 18.2 Å². The molecule has 1 aromatic heterocycles. The Morgan fingerprint density at radius 2 is 2.31 bits per heavy atom. The van der Waals surface area contributed by atoms with E-state index < -0.39 is 0 Å². The van der Waals surface area contributed by atoms with Crippen molar-refractivity contribution in [3.8, 4) is 0 Å². The summed E-state index contributed by atoms with van der Waals surface area (Å²) in [6.45, 7) is 2.10. The highest BCUT2D eigenvalue weighted by molar-refractivity contribution is 5.93. The molecule has 2 rings (SSSR count). The molecule has 4 heteroatoms. The van der Waals surface area contributed by atoms with Gasteiger partial charge in [-0.3, -0.25) is 4.79 Å². The molecule has 0 radical (unpaired) electrons. The lowest BCUT2D eigenvalue weighted by atomic mass is 9.75. The lowest BCUT2D eigenvalue weighted by Crippen LogP contribution is -2.53. The number of carbonyl (C=O) groups is 1. The van der Waals surface area contributed by atoms with Crippen molar-refractivity contribution in [3.05, 3.63) is 23.9 Å². The number of nitrogens with two attached hydrogens (primary N) is 1. The van der Waals surface area contributed by atoms with Crippen LogP contribution in [0.4, 0.5) is 5.82 Å². The number of aromatic nitrogens is 1. The maximum Gasteiger partial charge on any atom is 0.270 e. The Hall–Kier alpha value is -1.58. The second kappa shape index (κ2) is 4.12. The Morgan fingerprint density at radius 3 is 2.81 bits per heavy atom. The average Bonchev–Trinajstić information content (AvgIpc) is 2.23. The van der Waals surface area contributed by atoms with Gasteiger partial charge < -0.3 is 11.1 Å². The van der Waals surface area contributed by atoms with E-state index in [1.807, 2.05) is 0 Å². The molecule has 1 saturated carbocycles. The van der Waals surface area contributed by atoms with Gasteiger partial charge in [-0.2, -0.15) is 0 Å². The number of pyridine rings is 1. The number of anilines is 1. The molecule has 1 fully saturated rings. The van der Waals surface area contributed by atoms with Crippen LogP contribution in [0.1, 0.15) is 43.1 Å². The van der Waals surface area contributed by atoms with Crippen LogP contribution in [0.3, 0.4) is 0 Å². The van der Waals surface area contributed by atoms with E-state index in [4.69, 9.17) is 5.73 Å². The molecule has 0 aromatic carbocycles. The average molecular weight is 219 g/mol. The summed E-state index contributed by atoms with van der Waals surface area (Å²) in [4.78, 5) is 16.0. The fourth-order valence-corrected chi connectivity index (χ4v) is 2.05. The van der Waals surface area contributed by atoms with Crippen LogP contribution in [0, 0.1) is 0 Å². The smallest absolute Gasteiger partial charge is 0.270 e. The highest BCUT2D eigenvalue weighted by atomic mass is 16.2. The Labute approximate surface area is 95.3 Å². The Morgan fingerprint density at radius 1 is 1.56 bits per heavy atom. The maximum absolute atomic E-state index is 11.9. The number of hydrogen-bond donors (Lipinski definition) is 2. The summed E-state index contributed by atoms with van der Waals surface area (Å²) in [5.41, 5.74) is 5.95. The summed E-state index contributed by atoms with van der Waals surface area (Å²) in [6.07, 6.45) is 4.30. The van der Waals surface area contributed by atoms with Crippen LogP contribution < -0.4 is 11.1 Å². The Kier molecular flexibility index (Phi) is 2.81. The Bertz CT molecular complexity index is 393. The molecule has 0 bridgehead atoms. The van der Waals surface area contributed by atoms with Gasteiger partial charge in [0.25, 0.3) is 5.91 Å². The number of nitrogens with zero attached hydrogens (tertiary/aromatic N) is 1. The highest BCUT2D eigenvalue weighted by Gasteiger charge is 2.36. The summed E-state index contributed by atoms with van der Waals surface area (Å²) in [5.74, 6) is 0.264. The standard InChI is InChI=1S/C12H17N3O/c1-2-12(7-4-8-12)15-11(16)9-5-3-6-10(13)14-9/h3,5-6H,2,4,7-8H2,1H3,(H2,13,14)(H,15,16). The predicted molar refractivity (Wildman–Crippen MR) is 63.0 cm³/mol. The lowest BCUT2D eigenvalue weighted by molar-refractivity contribution is 0.0815. The summed E-state index contributed by atoms with van der Waals surface area (Å²) >= 11 is 0. The van der Waals surface area contributed by atoms with Crippen molar-refractivity contribution in [2.24, 2.45) is 0 Å². The minimum absolute atomic E-state index is 0.00334. The van der Waals surface area contributed by atoms with Crippen LogP contribution in [-0.2, 0) is 0 Å². The topological polar surface area (TPSA) is 68.0 Å². The van der Waals surface area contributed by atoms with Crippen LogP contribution >= 0.6 is 0 Å². The van der Waals surface area contributed by atoms with E-state index in [9.17, 15) is 4.79 Å². The molecule has 0 saturated heterocycles. The number of rotatable bonds is 3. The van der Waals surface area contributed by atoms with Crippen molar-refractivity contribution in [2.75, 3.05) is 5.73 Å². The van der Waals surface area contributed by atoms with E-state index in [0.29, 0.717) is 11.5 Å². The molecule has 16 heavy (non-hydrogen) atoms. The van der Waals surface area contributed by atoms with E-state index in [-0.39, 0.29) is 11.4 Å². The van der Waals surface area contributed by atoms with Gasteiger partial charge in [0.05, 0.1) is 0 Å². The summed E-state index contributed by atoms with van der Waals surface area (Å²) in [6, 6.07) is 5.11. The van der Waals surface area contributed by atoms with Gasteiger partial charge in [0, 0.05) is 5.54 Å². The van der Waals surface area contributed by atoms with Gasteiger partial charge in [0.1, 0.15) is 11.5 Å². The van der Waals surface area contributed by atoms with E-state index in [0.717, 1.165) is 19.3 Å². The third-order valence-electron chi connectivity index (χ3n) is 3.37. The minimum Gasteiger partial charge on any atom is -0.384 e. The third kappa shape index (κ3) is 2.01. The monoisotopic (exact) mass is 219 g/mol. The number of hydrogen-bond acceptors (Lipinski definition) is 3. The molecule has 0 atom stereocenters. The molecule has 1 aliphatic carbocycles. The molecule has 3 N–H and O–H groups in total. The Balaban J connectivity index is 2.08. The van der Waals surface area contributed by atoms with E-state index >= 15 is 0 Å². The van der Waals surface area contributed by atoms with Crippen molar-refractivity contribution in [1.82, 2.24) is 10.3 Å². The van der Waals surface area contributed by atoms with Gasteiger partial charge in [0.15, 0.2) is 0 Å². The quantitative estimate of drug-likeness (QED) is 0.813. The number of carbonyl (C=O) groups excluding carboxylic acids is 1. The first-order valence-electron chi connectivity index (χ1n) is 5.70. The molecule has 1 amide bonds. The first-order chi connectivity index (χ1) is 7.65. The molecular formula is C12H17N3O. The maximum atomic E-state index is 11.9. The minimum atomic E-state index is -0.117. The van der Waals surface area contributed by atoms with Crippen molar-refractivity contribution in [3.63, 3.8) is 0 Å². The van der Waals surface area contributed by atoms with E-state index in [2.05, 4.69) is 17.2 Å². The third-order valence-corrected chi connectivity index (χ3v) is 3.37. The van der Waals surface area contributed by atoms with Gasteiger partial charge in [0.2, 0.25) is 0 Å². The highest BCUT2D eigenvalue weighted by Crippen LogP contribution is 2.34. The van der Waals surface area contributed by atoms with Gasteiger partial charge >= 0.3 is 0 Å². The van der Waals surface area contributed by atoms with Crippen LogP contribution in [0.2, 0.25) is 0 Å². The normalized spacial score (nSPS) is 17.6. The van der Waals surface area contributed by atoms with Gasteiger partial charge in [-0.25, -0.2) is 4.98 Å². The molecule has 0 unspecified atom stereocenters. The lowest BCUT2D eigenvalue weighted by Gasteiger charge is -2.41. The van der Waals surface area contributed by atoms with Crippen molar-refractivity contribution in [2.45, 2.75) is 38.1 Å². The number of amides is 1. The molecule has 0 spiro atoms. The van der Waals surface area contributed by atoms with Crippen molar-refractivity contribution in [1.29, 1.82) is 0 Å². The fourth-order valence-electron chi connectivity index (χ4n) is 2.05.